The number of aromatic nitrogens is 2. The van der Waals surface area contributed by atoms with Crippen molar-refractivity contribution in [1.29, 1.82) is 0 Å². The Hall–Kier alpha value is -3.92. The number of anilines is 2. The zero-order valence-corrected chi connectivity index (χ0v) is 18.1. The number of aliphatic hydroxyl groups is 1. The Morgan fingerprint density at radius 3 is 2.58 bits per heavy atom. The minimum Gasteiger partial charge on any atom is -0.457 e. The lowest BCUT2D eigenvalue weighted by molar-refractivity contribution is 0.0736. The van der Waals surface area contributed by atoms with Crippen LogP contribution in [-0.4, -0.2) is 33.8 Å². The third kappa shape index (κ3) is 5.12. The van der Waals surface area contributed by atoms with Crippen molar-refractivity contribution in [2.75, 3.05) is 18.4 Å². The van der Waals surface area contributed by atoms with Crippen LogP contribution in [0.25, 0.3) is 10.9 Å². The van der Waals surface area contributed by atoms with Crippen LogP contribution in [0.3, 0.4) is 0 Å². The number of nitrogens with one attached hydrogen (secondary N) is 2. The topological polar surface area (TPSA) is 79.3 Å². The minimum atomic E-state index is -0.970. The number of hydrogen-bond acceptors (Lipinski definition) is 6. The zero-order valence-electron chi connectivity index (χ0n) is 18.1. The van der Waals surface area contributed by atoms with Gasteiger partial charge in [-0.1, -0.05) is 30.0 Å². The van der Waals surface area contributed by atoms with E-state index in [9.17, 15) is 5.11 Å². The summed E-state index contributed by atoms with van der Waals surface area (Å²) in [7, 11) is 0. The molecule has 1 aliphatic rings. The van der Waals surface area contributed by atoms with E-state index in [1.165, 1.54) is 6.33 Å². The van der Waals surface area contributed by atoms with E-state index in [1.807, 2.05) is 72.8 Å². The van der Waals surface area contributed by atoms with Gasteiger partial charge in [0.05, 0.1) is 5.52 Å². The molecule has 2 heterocycles. The lowest BCUT2D eigenvalue weighted by Gasteiger charge is -2.27. The number of β-amino-alcohol motifs (C(OH)–C–C–N with tert-alkyl or cyclic N) is 1. The smallest absolute Gasteiger partial charge is 0.141 e. The first-order chi connectivity index (χ1) is 16.2. The molecule has 1 aliphatic heterocycles. The van der Waals surface area contributed by atoms with Gasteiger partial charge in [0.2, 0.25) is 0 Å². The molecule has 0 saturated carbocycles. The van der Waals surface area contributed by atoms with Gasteiger partial charge in [0.15, 0.2) is 0 Å². The monoisotopic (exact) mass is 436 g/mol. The van der Waals surface area contributed by atoms with E-state index >= 15 is 0 Å². The van der Waals surface area contributed by atoms with Crippen LogP contribution in [0.4, 0.5) is 11.5 Å². The standard InChI is InChI=1S/C27H24N4O2/c32-27(14-4-16-28-18-27)15-13-20-7-12-24-25(17-20)29-19-30-26(24)31-21-8-10-23(11-9-21)33-22-5-2-1-3-6-22/h1-3,5-12,17,19,28,32H,4,14,16,18H2,(H,29,30,31). The summed E-state index contributed by atoms with van der Waals surface area (Å²) in [5, 5.41) is 18.0. The van der Waals surface area contributed by atoms with E-state index in [-0.39, 0.29) is 0 Å². The predicted octanol–water partition coefficient (Wildman–Crippen LogP) is 4.63. The van der Waals surface area contributed by atoms with Crippen LogP contribution in [0.15, 0.2) is 79.1 Å². The van der Waals surface area contributed by atoms with Crippen molar-refractivity contribution in [3.63, 3.8) is 0 Å². The molecule has 0 aliphatic carbocycles. The molecule has 33 heavy (non-hydrogen) atoms. The van der Waals surface area contributed by atoms with Gasteiger partial charge in [0, 0.05) is 23.2 Å². The highest BCUT2D eigenvalue weighted by molar-refractivity contribution is 5.91. The Morgan fingerprint density at radius 2 is 1.79 bits per heavy atom. The first kappa shape index (κ1) is 21.0. The van der Waals surface area contributed by atoms with Crippen molar-refractivity contribution in [2.45, 2.75) is 18.4 Å². The normalized spacial score (nSPS) is 17.7. The van der Waals surface area contributed by atoms with Crippen molar-refractivity contribution in [2.24, 2.45) is 0 Å². The van der Waals surface area contributed by atoms with Gasteiger partial charge in [-0.25, -0.2) is 9.97 Å². The van der Waals surface area contributed by atoms with Gasteiger partial charge in [-0.05, 0) is 74.0 Å². The molecule has 3 aromatic carbocycles. The molecule has 1 fully saturated rings. The van der Waals surface area contributed by atoms with Gasteiger partial charge in [0.1, 0.15) is 29.2 Å². The summed E-state index contributed by atoms with van der Waals surface area (Å²) in [6, 6.07) is 23.2. The fourth-order valence-electron chi connectivity index (χ4n) is 3.79. The number of fused-ring (bicyclic) bond motifs is 1. The van der Waals surface area contributed by atoms with Gasteiger partial charge < -0.3 is 20.5 Å². The number of ether oxygens (including phenoxy) is 1. The van der Waals surface area contributed by atoms with Crippen LogP contribution in [0, 0.1) is 11.8 Å². The molecule has 0 bridgehead atoms. The Bertz CT molecular complexity index is 1310. The molecule has 1 unspecified atom stereocenters. The van der Waals surface area contributed by atoms with Crippen molar-refractivity contribution in [3.8, 4) is 23.3 Å². The molecule has 4 aromatic rings. The van der Waals surface area contributed by atoms with Crippen LogP contribution in [0.1, 0.15) is 18.4 Å². The van der Waals surface area contributed by atoms with E-state index in [4.69, 9.17) is 4.74 Å². The summed E-state index contributed by atoms with van der Waals surface area (Å²) >= 11 is 0. The average Bonchev–Trinajstić information content (AvgIpc) is 2.85. The molecule has 6 heteroatoms. The second-order valence-electron chi connectivity index (χ2n) is 8.08. The number of nitrogens with zero attached hydrogens (tertiary/aromatic N) is 2. The van der Waals surface area contributed by atoms with Crippen molar-refractivity contribution in [3.05, 3.63) is 84.7 Å². The quantitative estimate of drug-likeness (QED) is 0.405. The number of para-hydroxylation sites is 1. The summed E-state index contributed by atoms with van der Waals surface area (Å²) in [6.45, 7) is 1.43. The van der Waals surface area contributed by atoms with Gasteiger partial charge in [0.25, 0.3) is 0 Å². The first-order valence-electron chi connectivity index (χ1n) is 11.0. The SMILES string of the molecule is OC1(C#Cc2ccc3c(Nc4ccc(Oc5ccccc5)cc4)ncnc3c2)CCCNC1. The van der Waals surface area contributed by atoms with Gasteiger partial charge in [-0.2, -0.15) is 0 Å². The number of hydrogen-bond donors (Lipinski definition) is 3. The number of benzene rings is 3. The molecular weight excluding hydrogens is 412 g/mol. The van der Waals surface area contributed by atoms with Crippen molar-refractivity contribution in [1.82, 2.24) is 15.3 Å². The lowest BCUT2D eigenvalue weighted by Crippen LogP contribution is -2.44. The van der Waals surface area contributed by atoms with Crippen molar-refractivity contribution < 1.29 is 9.84 Å². The van der Waals surface area contributed by atoms with Crippen LogP contribution >= 0.6 is 0 Å². The Morgan fingerprint density at radius 1 is 0.970 bits per heavy atom. The maximum Gasteiger partial charge on any atom is 0.141 e. The maximum atomic E-state index is 10.6. The highest BCUT2D eigenvalue weighted by Crippen LogP contribution is 2.27. The molecule has 1 atom stereocenters. The van der Waals surface area contributed by atoms with E-state index in [1.54, 1.807) is 0 Å². The van der Waals surface area contributed by atoms with Gasteiger partial charge in [-0.3, -0.25) is 0 Å². The summed E-state index contributed by atoms with van der Waals surface area (Å²) in [5.74, 6) is 8.41. The third-order valence-corrected chi connectivity index (χ3v) is 5.53. The highest BCUT2D eigenvalue weighted by atomic mass is 16.5. The summed E-state index contributed by atoms with van der Waals surface area (Å²) in [4.78, 5) is 8.82. The molecule has 3 N–H and O–H groups in total. The first-order valence-corrected chi connectivity index (χ1v) is 11.0. The molecule has 164 valence electrons. The molecule has 0 spiro atoms. The largest absolute Gasteiger partial charge is 0.457 e. The fraction of sp³-hybridized carbons (Fsp3) is 0.185. The molecular formula is C27H24N4O2. The molecule has 0 radical (unpaired) electrons. The average molecular weight is 437 g/mol. The molecule has 5 rings (SSSR count). The van der Waals surface area contributed by atoms with Crippen LogP contribution in [0.2, 0.25) is 0 Å². The van der Waals surface area contributed by atoms with Crippen LogP contribution < -0.4 is 15.4 Å². The molecule has 6 nitrogen and oxygen atoms in total. The van der Waals surface area contributed by atoms with Crippen LogP contribution in [0.5, 0.6) is 11.5 Å². The van der Waals surface area contributed by atoms with E-state index in [0.717, 1.165) is 46.6 Å². The third-order valence-electron chi connectivity index (χ3n) is 5.53. The number of piperidine rings is 1. The Labute approximate surface area is 192 Å². The van der Waals surface area contributed by atoms with E-state index < -0.39 is 5.60 Å². The van der Waals surface area contributed by atoms with E-state index in [2.05, 4.69) is 32.4 Å². The summed E-state index contributed by atoms with van der Waals surface area (Å²) < 4.78 is 5.85. The molecule has 1 aromatic heterocycles. The maximum absolute atomic E-state index is 10.6. The fourth-order valence-corrected chi connectivity index (χ4v) is 3.79. The van der Waals surface area contributed by atoms with E-state index in [0.29, 0.717) is 18.8 Å². The Balaban J connectivity index is 1.33. The molecule has 1 saturated heterocycles. The second kappa shape index (κ2) is 9.29. The number of rotatable bonds is 4. The van der Waals surface area contributed by atoms with Crippen molar-refractivity contribution >= 4 is 22.4 Å². The highest BCUT2D eigenvalue weighted by Gasteiger charge is 2.26. The minimum absolute atomic E-state index is 0.499. The molecule has 0 amide bonds. The van der Waals surface area contributed by atoms with Gasteiger partial charge >= 0.3 is 0 Å². The summed E-state index contributed by atoms with van der Waals surface area (Å²) in [6.07, 6.45) is 3.14. The van der Waals surface area contributed by atoms with Gasteiger partial charge in [-0.15, -0.1) is 0 Å². The zero-order chi connectivity index (χ0) is 22.5. The predicted molar refractivity (Wildman–Crippen MR) is 130 cm³/mol. The summed E-state index contributed by atoms with van der Waals surface area (Å²) in [5.41, 5.74) is 1.53. The second-order valence-corrected chi connectivity index (χ2v) is 8.08. The Kier molecular flexibility index (Phi) is 5.90. The van der Waals surface area contributed by atoms with Crippen LogP contribution in [-0.2, 0) is 0 Å². The lowest BCUT2D eigenvalue weighted by atomic mass is 9.94.